The van der Waals surface area contributed by atoms with Gasteiger partial charge in [-0.1, -0.05) is 84.9 Å². The molecule has 4 aromatic rings. The molecule has 0 aliphatic heterocycles. The molecule has 34 heavy (non-hydrogen) atoms. The molecule has 0 spiro atoms. The third kappa shape index (κ3) is 6.10. The van der Waals surface area contributed by atoms with Gasteiger partial charge in [-0.05, 0) is 47.3 Å². The second kappa shape index (κ2) is 11.3. The Hall–Kier alpha value is -3.93. The maximum absolute atomic E-state index is 11.6. The molecular weight excluding hydrogens is 424 g/mol. The van der Waals surface area contributed by atoms with Gasteiger partial charge in [-0.2, -0.15) is 0 Å². The fraction of sp³-hybridized carbons (Fsp3) is 0.138. The van der Waals surface area contributed by atoms with Gasteiger partial charge in [-0.25, -0.2) is 5.48 Å². The van der Waals surface area contributed by atoms with Gasteiger partial charge in [0.2, 0.25) is 0 Å². The quantitative estimate of drug-likeness (QED) is 0.258. The monoisotopic (exact) mass is 452 g/mol. The van der Waals surface area contributed by atoms with Crippen molar-refractivity contribution in [1.82, 2.24) is 10.4 Å². The molecule has 5 nitrogen and oxygen atoms in total. The minimum absolute atomic E-state index is 0.398. The van der Waals surface area contributed by atoms with E-state index in [9.17, 15) is 4.79 Å². The van der Waals surface area contributed by atoms with Crippen LogP contribution in [0.25, 0.3) is 16.8 Å². The summed E-state index contributed by atoms with van der Waals surface area (Å²) in [5, 5.41) is 11.1. The van der Waals surface area contributed by atoms with E-state index in [1.165, 1.54) is 5.56 Å². The number of nitrogens with one attached hydrogen (secondary N) is 1. The Morgan fingerprint density at radius 2 is 1.62 bits per heavy atom. The number of hydrogen-bond acceptors (Lipinski definition) is 4. The van der Waals surface area contributed by atoms with Crippen molar-refractivity contribution in [3.8, 4) is 5.75 Å². The summed E-state index contributed by atoms with van der Waals surface area (Å²) in [6.45, 7) is 1.98. The Labute approximate surface area is 199 Å². The van der Waals surface area contributed by atoms with Crippen LogP contribution in [0.4, 0.5) is 0 Å². The number of rotatable bonds is 9. The Balaban J connectivity index is 1.55. The van der Waals surface area contributed by atoms with Crippen molar-refractivity contribution in [1.29, 1.82) is 0 Å². The lowest BCUT2D eigenvalue weighted by atomic mass is 10.1. The molecule has 0 aliphatic rings. The molecular formula is C29H28N2O3. The summed E-state index contributed by atoms with van der Waals surface area (Å²) in [5.74, 6) is 0.322. The molecule has 0 unspecified atom stereocenters. The number of nitrogens with zero attached hydrogens (tertiary/aromatic N) is 1. The first kappa shape index (κ1) is 23.2. The number of likely N-dealkylation sites (N-methyl/N-ethyl adjacent to an activating group) is 1. The van der Waals surface area contributed by atoms with E-state index in [1.807, 2.05) is 54.6 Å². The van der Waals surface area contributed by atoms with E-state index in [0.29, 0.717) is 12.2 Å². The summed E-state index contributed by atoms with van der Waals surface area (Å²) in [4.78, 5) is 13.9. The number of hydrogen-bond donors (Lipinski definition) is 2. The summed E-state index contributed by atoms with van der Waals surface area (Å²) in [5.41, 5.74) is 5.37. The first-order chi connectivity index (χ1) is 16.6. The molecule has 0 heterocycles. The Morgan fingerprint density at radius 1 is 0.912 bits per heavy atom. The summed E-state index contributed by atoms with van der Waals surface area (Å²) in [6, 6.07) is 31.7. The third-order valence-corrected chi connectivity index (χ3v) is 5.58. The maximum Gasteiger partial charge on any atom is 0.274 e. The fourth-order valence-electron chi connectivity index (χ4n) is 3.95. The van der Waals surface area contributed by atoms with Crippen molar-refractivity contribution in [3.05, 3.63) is 119 Å². The molecule has 0 radical (unpaired) electrons. The molecule has 0 saturated heterocycles. The highest BCUT2D eigenvalue weighted by Gasteiger charge is 2.09. The molecule has 0 aliphatic carbocycles. The highest BCUT2D eigenvalue weighted by atomic mass is 16.5. The van der Waals surface area contributed by atoms with Crippen molar-refractivity contribution >= 4 is 22.8 Å². The van der Waals surface area contributed by atoms with Gasteiger partial charge in [0, 0.05) is 24.0 Å². The van der Waals surface area contributed by atoms with Crippen molar-refractivity contribution in [2.45, 2.75) is 6.54 Å². The van der Waals surface area contributed by atoms with Crippen molar-refractivity contribution in [2.75, 3.05) is 20.2 Å². The number of fused-ring (bicyclic) bond motifs is 1. The van der Waals surface area contributed by atoms with Crippen LogP contribution in [0.5, 0.6) is 5.75 Å². The van der Waals surface area contributed by atoms with Crippen LogP contribution in [0.3, 0.4) is 0 Å². The van der Waals surface area contributed by atoms with Crippen LogP contribution < -0.4 is 10.2 Å². The molecule has 172 valence electrons. The highest BCUT2D eigenvalue weighted by molar-refractivity contribution is 5.93. The molecule has 5 heteroatoms. The zero-order valence-corrected chi connectivity index (χ0v) is 19.1. The van der Waals surface area contributed by atoms with Gasteiger partial charge < -0.3 is 4.74 Å². The summed E-state index contributed by atoms with van der Waals surface area (Å²) in [6.07, 6.45) is 2.09. The average Bonchev–Trinajstić information content (AvgIpc) is 2.87. The van der Waals surface area contributed by atoms with E-state index >= 15 is 0 Å². The lowest BCUT2D eigenvalue weighted by Gasteiger charge is -2.20. The van der Waals surface area contributed by atoms with Gasteiger partial charge in [0.05, 0.1) is 0 Å². The van der Waals surface area contributed by atoms with Gasteiger partial charge in [0.1, 0.15) is 12.4 Å². The lowest BCUT2D eigenvalue weighted by Crippen LogP contribution is -2.23. The van der Waals surface area contributed by atoms with Crippen LogP contribution in [0.15, 0.2) is 103 Å². The number of benzene rings is 4. The van der Waals surface area contributed by atoms with E-state index in [-0.39, 0.29) is 0 Å². The first-order valence-corrected chi connectivity index (χ1v) is 11.2. The summed E-state index contributed by atoms with van der Waals surface area (Å²) in [7, 11) is 2.09. The van der Waals surface area contributed by atoms with E-state index in [0.717, 1.165) is 40.7 Å². The molecule has 0 aromatic heterocycles. The van der Waals surface area contributed by atoms with Gasteiger partial charge in [-0.15, -0.1) is 0 Å². The molecule has 1 amide bonds. The number of carbonyl (C=O) groups is 1. The molecule has 4 rings (SSSR count). The SMILES string of the molecule is CN(C/C(=C/c1ccc(C(=O)NO)cc1)COc1cccc2ccccc12)Cc1ccccc1. The zero-order valence-electron chi connectivity index (χ0n) is 19.1. The predicted octanol–water partition coefficient (Wildman–Crippen LogP) is 5.55. The summed E-state index contributed by atoms with van der Waals surface area (Å²) >= 11 is 0. The van der Waals surface area contributed by atoms with Gasteiger partial charge in [0.25, 0.3) is 5.91 Å². The van der Waals surface area contributed by atoms with Gasteiger partial charge in [-0.3, -0.25) is 14.9 Å². The third-order valence-electron chi connectivity index (χ3n) is 5.58. The minimum atomic E-state index is -0.530. The van der Waals surface area contributed by atoms with Crippen LogP contribution in [0.2, 0.25) is 0 Å². The van der Waals surface area contributed by atoms with Crippen molar-refractivity contribution < 1.29 is 14.7 Å². The number of carbonyl (C=O) groups excluding carboxylic acids is 1. The van der Waals surface area contributed by atoms with Gasteiger partial charge in [0.15, 0.2) is 0 Å². The zero-order chi connectivity index (χ0) is 23.8. The molecule has 0 bridgehead atoms. The van der Waals surface area contributed by atoms with Crippen LogP contribution in [-0.2, 0) is 6.54 Å². The largest absolute Gasteiger partial charge is 0.489 e. The molecule has 4 aromatic carbocycles. The first-order valence-electron chi connectivity index (χ1n) is 11.2. The minimum Gasteiger partial charge on any atom is -0.489 e. The van der Waals surface area contributed by atoms with Gasteiger partial charge >= 0.3 is 0 Å². The van der Waals surface area contributed by atoms with E-state index in [1.54, 1.807) is 17.6 Å². The van der Waals surface area contributed by atoms with Crippen LogP contribution in [0.1, 0.15) is 21.5 Å². The van der Waals surface area contributed by atoms with Crippen LogP contribution >= 0.6 is 0 Å². The maximum atomic E-state index is 11.6. The highest BCUT2D eigenvalue weighted by Crippen LogP contribution is 2.26. The predicted molar refractivity (Wildman–Crippen MR) is 136 cm³/mol. The topological polar surface area (TPSA) is 61.8 Å². The van der Waals surface area contributed by atoms with E-state index in [4.69, 9.17) is 9.94 Å². The molecule has 2 N–H and O–H groups in total. The molecule has 0 fully saturated rings. The standard InChI is InChI=1S/C29H28N2O3/c1-31(19-23-8-3-2-4-9-23)20-24(18-22-14-16-26(17-15-22)29(32)30-33)21-34-28-13-7-11-25-10-5-6-12-27(25)28/h2-18,33H,19-21H2,1H3,(H,30,32)/b24-18-. The Bertz CT molecular complexity index is 1260. The van der Waals surface area contributed by atoms with Crippen LogP contribution in [-0.4, -0.2) is 36.2 Å². The number of hydroxylamine groups is 1. The number of ether oxygens (including phenoxy) is 1. The van der Waals surface area contributed by atoms with Crippen LogP contribution in [0, 0.1) is 0 Å². The second-order valence-corrected chi connectivity index (χ2v) is 8.29. The summed E-state index contributed by atoms with van der Waals surface area (Å²) < 4.78 is 6.29. The number of amides is 1. The van der Waals surface area contributed by atoms with E-state index in [2.05, 4.69) is 48.4 Å². The normalized spacial score (nSPS) is 11.6. The molecule has 0 saturated carbocycles. The lowest BCUT2D eigenvalue weighted by molar-refractivity contribution is 0.0706. The van der Waals surface area contributed by atoms with E-state index < -0.39 is 5.91 Å². The Morgan fingerprint density at radius 3 is 2.38 bits per heavy atom. The smallest absolute Gasteiger partial charge is 0.274 e. The van der Waals surface area contributed by atoms with Crippen molar-refractivity contribution in [2.24, 2.45) is 0 Å². The average molecular weight is 453 g/mol. The van der Waals surface area contributed by atoms with Crippen molar-refractivity contribution in [3.63, 3.8) is 0 Å². The fourth-order valence-corrected chi connectivity index (χ4v) is 3.95. The molecule has 0 atom stereocenters. The Kier molecular flexibility index (Phi) is 7.71. The second-order valence-electron chi connectivity index (χ2n) is 8.29.